The van der Waals surface area contributed by atoms with E-state index in [1.54, 1.807) is 0 Å². The topological polar surface area (TPSA) is 26.3 Å². The first kappa shape index (κ1) is 10.2. The molecule has 0 radical (unpaired) electrons. The molecule has 0 saturated heterocycles. The van der Waals surface area contributed by atoms with Crippen LogP contribution in [0, 0.1) is 0 Å². The first-order valence-corrected chi connectivity index (χ1v) is 5.35. The SMILES string of the molecule is CCCSC1OC(=O)C(Cl)=C1Cl. The summed E-state index contributed by atoms with van der Waals surface area (Å²) in [4.78, 5) is 10.8. The van der Waals surface area contributed by atoms with Gasteiger partial charge in [-0.2, -0.15) is 0 Å². The van der Waals surface area contributed by atoms with E-state index in [0.29, 0.717) is 5.03 Å². The summed E-state index contributed by atoms with van der Waals surface area (Å²) < 4.78 is 4.87. The van der Waals surface area contributed by atoms with Gasteiger partial charge in [-0.15, -0.1) is 11.8 Å². The van der Waals surface area contributed by atoms with Crippen LogP contribution in [0.15, 0.2) is 10.1 Å². The fraction of sp³-hybridized carbons (Fsp3) is 0.571. The minimum absolute atomic E-state index is 0.0188. The van der Waals surface area contributed by atoms with Gasteiger partial charge < -0.3 is 4.74 Å². The highest BCUT2D eigenvalue weighted by Gasteiger charge is 2.31. The number of rotatable bonds is 3. The lowest BCUT2D eigenvalue weighted by molar-refractivity contribution is -0.136. The van der Waals surface area contributed by atoms with Crippen molar-refractivity contribution in [2.75, 3.05) is 5.75 Å². The maximum Gasteiger partial charge on any atom is 0.352 e. The fourth-order valence-electron chi connectivity index (χ4n) is 0.734. The number of carbonyl (C=O) groups is 1. The van der Waals surface area contributed by atoms with E-state index in [2.05, 4.69) is 0 Å². The Labute approximate surface area is 85.2 Å². The highest BCUT2D eigenvalue weighted by Crippen LogP contribution is 2.35. The summed E-state index contributed by atoms with van der Waals surface area (Å²) in [6.07, 6.45) is 1.01. The van der Waals surface area contributed by atoms with E-state index in [1.165, 1.54) is 11.8 Å². The molecule has 0 aromatic heterocycles. The standard InChI is InChI=1S/C7H8Cl2O2S/c1-2-3-12-7-5(9)4(8)6(10)11-7/h7H,2-3H2,1H3. The van der Waals surface area contributed by atoms with E-state index in [0.717, 1.165) is 12.2 Å². The zero-order valence-corrected chi connectivity index (χ0v) is 8.80. The summed E-state index contributed by atoms with van der Waals surface area (Å²) in [6, 6.07) is 0. The molecule has 1 rings (SSSR count). The third-order valence-electron chi connectivity index (χ3n) is 1.28. The molecule has 0 aromatic carbocycles. The minimum Gasteiger partial charge on any atom is -0.441 e. The van der Waals surface area contributed by atoms with E-state index < -0.39 is 5.97 Å². The van der Waals surface area contributed by atoms with Gasteiger partial charge in [-0.1, -0.05) is 30.1 Å². The lowest BCUT2D eigenvalue weighted by Crippen LogP contribution is -2.05. The molecular formula is C7H8Cl2O2S. The van der Waals surface area contributed by atoms with Crippen LogP contribution in [-0.4, -0.2) is 17.2 Å². The number of cyclic esters (lactones) is 1. The molecule has 0 N–H and O–H groups in total. The van der Waals surface area contributed by atoms with Crippen molar-refractivity contribution in [3.8, 4) is 0 Å². The Morgan fingerprint density at radius 1 is 1.58 bits per heavy atom. The molecule has 1 aliphatic heterocycles. The van der Waals surface area contributed by atoms with Crippen molar-refractivity contribution in [3.63, 3.8) is 0 Å². The lowest BCUT2D eigenvalue weighted by atomic mass is 10.5. The van der Waals surface area contributed by atoms with E-state index in [9.17, 15) is 4.79 Å². The van der Waals surface area contributed by atoms with Gasteiger partial charge in [0.05, 0.1) is 5.03 Å². The summed E-state index contributed by atoms with van der Waals surface area (Å²) >= 11 is 12.8. The molecule has 0 bridgehead atoms. The lowest BCUT2D eigenvalue weighted by Gasteiger charge is -2.07. The Morgan fingerprint density at radius 2 is 2.25 bits per heavy atom. The number of hydrogen-bond acceptors (Lipinski definition) is 3. The molecule has 0 aliphatic carbocycles. The van der Waals surface area contributed by atoms with Gasteiger partial charge in [-0.25, -0.2) is 4.79 Å². The average molecular weight is 227 g/mol. The second-order valence-corrected chi connectivity index (χ2v) is 4.22. The van der Waals surface area contributed by atoms with Gasteiger partial charge in [0.1, 0.15) is 5.03 Å². The van der Waals surface area contributed by atoms with Crippen LogP contribution in [0.5, 0.6) is 0 Å². The van der Waals surface area contributed by atoms with Crippen LogP contribution < -0.4 is 0 Å². The summed E-state index contributed by atoms with van der Waals surface area (Å²) in [5, 5.41) is 0.338. The maximum atomic E-state index is 10.8. The van der Waals surface area contributed by atoms with E-state index in [-0.39, 0.29) is 10.5 Å². The number of halogens is 2. The second-order valence-electron chi connectivity index (χ2n) is 2.27. The Hall–Kier alpha value is 0.140. The van der Waals surface area contributed by atoms with Crippen molar-refractivity contribution in [1.29, 1.82) is 0 Å². The van der Waals surface area contributed by atoms with Crippen molar-refractivity contribution in [3.05, 3.63) is 10.1 Å². The molecule has 68 valence electrons. The molecular weight excluding hydrogens is 219 g/mol. The summed E-state index contributed by atoms with van der Waals surface area (Å²) in [6.45, 7) is 2.04. The predicted octanol–water partition coefficient (Wildman–Crippen LogP) is 2.70. The molecule has 0 amide bonds. The molecule has 2 nitrogen and oxygen atoms in total. The number of carbonyl (C=O) groups excluding carboxylic acids is 1. The second kappa shape index (κ2) is 4.40. The molecule has 1 heterocycles. The van der Waals surface area contributed by atoms with Gasteiger partial charge in [0.25, 0.3) is 0 Å². The third-order valence-corrected chi connectivity index (χ3v) is 3.53. The van der Waals surface area contributed by atoms with Crippen LogP contribution in [0.1, 0.15) is 13.3 Å². The smallest absolute Gasteiger partial charge is 0.352 e. The maximum absolute atomic E-state index is 10.8. The largest absolute Gasteiger partial charge is 0.441 e. The molecule has 0 aromatic rings. The summed E-state index contributed by atoms with van der Waals surface area (Å²) in [5.74, 6) is 0.383. The fourth-order valence-corrected chi connectivity index (χ4v) is 2.12. The first-order valence-electron chi connectivity index (χ1n) is 3.54. The first-order chi connectivity index (χ1) is 5.66. The number of esters is 1. The quantitative estimate of drug-likeness (QED) is 0.693. The molecule has 5 heteroatoms. The zero-order chi connectivity index (χ0) is 9.14. The van der Waals surface area contributed by atoms with Crippen LogP contribution in [0.3, 0.4) is 0 Å². The predicted molar refractivity (Wildman–Crippen MR) is 51.4 cm³/mol. The average Bonchev–Trinajstić information content (AvgIpc) is 2.30. The van der Waals surface area contributed by atoms with Crippen LogP contribution in [-0.2, 0) is 9.53 Å². The Kier molecular flexibility index (Phi) is 3.75. The van der Waals surface area contributed by atoms with Gasteiger partial charge in [0.15, 0.2) is 5.44 Å². The molecule has 1 unspecified atom stereocenters. The monoisotopic (exact) mass is 226 g/mol. The van der Waals surface area contributed by atoms with Crippen LogP contribution in [0.4, 0.5) is 0 Å². The molecule has 0 spiro atoms. The number of ether oxygens (including phenoxy) is 1. The van der Waals surface area contributed by atoms with Crippen molar-refractivity contribution >= 4 is 40.9 Å². The zero-order valence-electron chi connectivity index (χ0n) is 6.47. The van der Waals surface area contributed by atoms with Crippen LogP contribution in [0.25, 0.3) is 0 Å². The third kappa shape index (κ3) is 2.09. The molecule has 12 heavy (non-hydrogen) atoms. The molecule has 1 atom stereocenters. The molecule has 0 saturated carbocycles. The van der Waals surface area contributed by atoms with Crippen molar-refractivity contribution in [1.82, 2.24) is 0 Å². The summed E-state index contributed by atoms with van der Waals surface area (Å²) in [5.41, 5.74) is -0.383. The normalized spacial score (nSPS) is 23.2. The minimum atomic E-state index is -0.518. The van der Waals surface area contributed by atoms with Crippen molar-refractivity contribution < 1.29 is 9.53 Å². The van der Waals surface area contributed by atoms with Gasteiger partial charge in [-0.05, 0) is 12.2 Å². The van der Waals surface area contributed by atoms with Gasteiger partial charge in [0.2, 0.25) is 0 Å². The highest BCUT2D eigenvalue weighted by molar-refractivity contribution is 8.00. The van der Waals surface area contributed by atoms with E-state index in [1.807, 2.05) is 6.92 Å². The molecule has 0 fully saturated rings. The number of hydrogen-bond donors (Lipinski definition) is 0. The Bertz CT molecular complexity index is 227. The van der Waals surface area contributed by atoms with Gasteiger partial charge in [0, 0.05) is 0 Å². The van der Waals surface area contributed by atoms with Crippen LogP contribution >= 0.6 is 35.0 Å². The van der Waals surface area contributed by atoms with Crippen LogP contribution in [0.2, 0.25) is 0 Å². The van der Waals surface area contributed by atoms with Gasteiger partial charge in [-0.3, -0.25) is 0 Å². The van der Waals surface area contributed by atoms with Crippen molar-refractivity contribution in [2.24, 2.45) is 0 Å². The highest BCUT2D eigenvalue weighted by atomic mass is 35.5. The van der Waals surface area contributed by atoms with E-state index in [4.69, 9.17) is 27.9 Å². The van der Waals surface area contributed by atoms with Crippen molar-refractivity contribution in [2.45, 2.75) is 18.8 Å². The Balaban J connectivity index is 2.55. The summed E-state index contributed by atoms with van der Waals surface area (Å²) in [7, 11) is 0. The van der Waals surface area contributed by atoms with E-state index >= 15 is 0 Å². The van der Waals surface area contributed by atoms with Gasteiger partial charge >= 0.3 is 5.97 Å². The number of thioether (sulfide) groups is 1. The molecule has 1 aliphatic rings. The Morgan fingerprint density at radius 3 is 2.67 bits per heavy atom.